The predicted octanol–water partition coefficient (Wildman–Crippen LogP) is 5.18. The molecule has 0 aliphatic carbocycles. The second kappa shape index (κ2) is 11.8. The molecule has 2 N–H and O–H groups in total. The summed E-state index contributed by atoms with van der Waals surface area (Å²) in [5.74, 6) is -0.728. The van der Waals surface area contributed by atoms with Crippen LogP contribution >= 0.6 is 11.3 Å². The van der Waals surface area contributed by atoms with Gasteiger partial charge in [0.25, 0.3) is 5.91 Å². The van der Waals surface area contributed by atoms with Crippen LogP contribution in [0.5, 0.6) is 0 Å². The Bertz CT molecular complexity index is 1510. The zero-order chi connectivity index (χ0) is 28.3. The van der Waals surface area contributed by atoms with Gasteiger partial charge in [-0.2, -0.15) is 9.41 Å². The molecule has 0 unspecified atom stereocenters. The van der Waals surface area contributed by atoms with Crippen LogP contribution in [0.2, 0.25) is 0 Å². The van der Waals surface area contributed by atoms with Crippen LogP contribution in [0.1, 0.15) is 56.6 Å². The quantitative estimate of drug-likeness (QED) is 0.304. The van der Waals surface area contributed by atoms with Crippen molar-refractivity contribution in [1.82, 2.24) is 9.73 Å². The van der Waals surface area contributed by atoms with E-state index in [0.29, 0.717) is 34.0 Å². The molecule has 0 bridgehead atoms. The fraction of sp³-hybridized carbons (Fsp3) is 0.345. The molecule has 0 spiro atoms. The van der Waals surface area contributed by atoms with Crippen LogP contribution in [0, 0.1) is 33.6 Å². The molecule has 1 aromatic heterocycles. The summed E-state index contributed by atoms with van der Waals surface area (Å²) in [6.07, 6.45) is 0.848. The van der Waals surface area contributed by atoms with Gasteiger partial charge in [0, 0.05) is 29.6 Å². The number of carbonyl (C=O) groups excluding carboxylic acids is 2. The maximum absolute atomic E-state index is 13.3. The lowest BCUT2D eigenvalue weighted by atomic mass is 9.98. The lowest BCUT2D eigenvalue weighted by Gasteiger charge is -2.31. The largest absolute Gasteiger partial charge is 0.321 e. The fourth-order valence-corrected chi connectivity index (χ4v) is 7.57. The van der Waals surface area contributed by atoms with Gasteiger partial charge in [0.1, 0.15) is 0 Å². The summed E-state index contributed by atoms with van der Waals surface area (Å²) in [6.45, 7) is 9.89. The first kappa shape index (κ1) is 28.7. The summed E-state index contributed by atoms with van der Waals surface area (Å²) in [5.41, 5.74) is 7.14. The number of amides is 2. The Kier molecular flexibility index (Phi) is 8.68. The summed E-state index contributed by atoms with van der Waals surface area (Å²) in [7, 11) is -3.64. The minimum atomic E-state index is -3.64. The number of hydrogen-bond acceptors (Lipinski definition) is 6. The Hall–Kier alpha value is -3.34. The van der Waals surface area contributed by atoms with E-state index < -0.39 is 10.0 Å². The van der Waals surface area contributed by atoms with E-state index in [0.717, 1.165) is 27.1 Å². The minimum Gasteiger partial charge on any atom is -0.321 e. The number of hydrogen-bond donors (Lipinski definition) is 2. The first-order chi connectivity index (χ1) is 18.5. The molecule has 8 nitrogen and oxygen atoms in total. The number of nitrogens with one attached hydrogen (secondary N) is 2. The Morgan fingerprint density at radius 1 is 0.974 bits per heavy atom. The second-order valence-corrected chi connectivity index (χ2v) is 13.2. The Labute approximate surface area is 234 Å². The normalized spacial score (nSPS) is 15.3. The van der Waals surface area contributed by atoms with E-state index in [9.17, 15) is 18.0 Å². The van der Waals surface area contributed by atoms with E-state index in [1.165, 1.54) is 15.6 Å². The number of rotatable bonds is 7. The molecule has 1 saturated heterocycles. The van der Waals surface area contributed by atoms with E-state index in [-0.39, 0.29) is 30.8 Å². The molecule has 206 valence electrons. The Morgan fingerprint density at radius 2 is 1.64 bits per heavy atom. The van der Waals surface area contributed by atoms with Crippen molar-refractivity contribution in [2.45, 2.75) is 52.4 Å². The third kappa shape index (κ3) is 6.63. The lowest BCUT2D eigenvalue weighted by molar-refractivity contribution is -0.126. The summed E-state index contributed by atoms with van der Waals surface area (Å²) >= 11 is 1.43. The minimum absolute atomic E-state index is 0.172. The third-order valence-electron chi connectivity index (χ3n) is 6.86. The molecule has 1 aliphatic heterocycles. The molecule has 0 saturated carbocycles. The molecular weight excluding hydrogens is 532 g/mol. The maximum Gasteiger partial charge on any atom is 0.265 e. The summed E-state index contributed by atoms with van der Waals surface area (Å²) in [6, 6.07) is 14.8. The molecule has 10 heteroatoms. The van der Waals surface area contributed by atoms with Gasteiger partial charge in [0.15, 0.2) is 0 Å². The predicted molar refractivity (Wildman–Crippen MR) is 156 cm³/mol. The van der Waals surface area contributed by atoms with Crippen molar-refractivity contribution in [3.05, 3.63) is 80.5 Å². The smallest absolute Gasteiger partial charge is 0.265 e. The summed E-state index contributed by atoms with van der Waals surface area (Å²) < 4.78 is 28.2. The zero-order valence-corrected chi connectivity index (χ0v) is 24.5. The number of sulfonamides is 1. The van der Waals surface area contributed by atoms with Crippen LogP contribution in [0.25, 0.3) is 0 Å². The number of anilines is 1. The lowest BCUT2D eigenvalue weighted by Crippen LogP contribution is -2.42. The number of benzene rings is 2. The number of aryl methyl sites for hydroxylation is 4. The molecule has 2 heterocycles. The Balaban J connectivity index is 1.35. The first-order valence-corrected chi connectivity index (χ1v) is 15.1. The fourth-order valence-electron chi connectivity index (χ4n) is 4.93. The zero-order valence-electron chi connectivity index (χ0n) is 22.9. The number of carbonyl (C=O) groups is 2. The van der Waals surface area contributed by atoms with Crippen LogP contribution in [0.15, 0.2) is 58.5 Å². The third-order valence-corrected chi connectivity index (χ3v) is 10.1. The van der Waals surface area contributed by atoms with Gasteiger partial charge < -0.3 is 5.32 Å². The van der Waals surface area contributed by atoms with E-state index in [1.54, 1.807) is 19.1 Å². The molecule has 2 amide bonds. The monoisotopic (exact) mass is 566 g/mol. The van der Waals surface area contributed by atoms with Gasteiger partial charge >= 0.3 is 0 Å². The van der Waals surface area contributed by atoms with Crippen molar-refractivity contribution < 1.29 is 18.0 Å². The van der Waals surface area contributed by atoms with E-state index in [4.69, 9.17) is 0 Å². The first-order valence-electron chi connectivity index (χ1n) is 12.9. The van der Waals surface area contributed by atoms with E-state index >= 15 is 0 Å². The van der Waals surface area contributed by atoms with Crippen LogP contribution < -0.4 is 10.7 Å². The van der Waals surface area contributed by atoms with Gasteiger partial charge in [-0.3, -0.25) is 9.59 Å². The van der Waals surface area contributed by atoms with Gasteiger partial charge in [0.2, 0.25) is 15.9 Å². The number of piperidine rings is 1. The molecule has 0 atom stereocenters. The molecular formula is C29H34N4O4S2. The highest BCUT2D eigenvalue weighted by molar-refractivity contribution is 7.89. The highest BCUT2D eigenvalue weighted by Gasteiger charge is 2.33. The van der Waals surface area contributed by atoms with Gasteiger partial charge in [-0.15, -0.1) is 11.3 Å². The molecule has 0 radical (unpaired) electrons. The summed E-state index contributed by atoms with van der Waals surface area (Å²) in [4.78, 5) is 27.4. The number of hydrazone groups is 1. The second-order valence-electron chi connectivity index (χ2n) is 10.0. The molecule has 2 aromatic carbocycles. The van der Waals surface area contributed by atoms with Gasteiger partial charge in [-0.1, -0.05) is 29.8 Å². The topological polar surface area (TPSA) is 108 Å². The van der Waals surface area contributed by atoms with Crippen molar-refractivity contribution in [3.8, 4) is 0 Å². The van der Waals surface area contributed by atoms with Gasteiger partial charge in [-0.25, -0.2) is 13.8 Å². The van der Waals surface area contributed by atoms with Crippen LogP contribution in [0.3, 0.4) is 0 Å². The molecule has 4 rings (SSSR count). The van der Waals surface area contributed by atoms with Crippen LogP contribution in [0.4, 0.5) is 5.69 Å². The van der Waals surface area contributed by atoms with Crippen LogP contribution in [-0.2, 0) is 14.8 Å². The molecule has 1 fully saturated rings. The average molecular weight is 567 g/mol. The SMILES string of the molecule is CC(=NNC(=O)C1CCN(S(=O)(=O)c2c(C)cc(C)cc2C)CC1)c1cccc(NC(=O)c2ccc(C)s2)c1. The molecule has 39 heavy (non-hydrogen) atoms. The van der Waals surface area contributed by atoms with E-state index in [1.807, 2.05) is 64.1 Å². The molecule has 1 aliphatic rings. The highest BCUT2D eigenvalue weighted by Crippen LogP contribution is 2.29. The van der Waals surface area contributed by atoms with Crippen molar-refractivity contribution in [2.24, 2.45) is 11.0 Å². The van der Waals surface area contributed by atoms with Crippen molar-refractivity contribution in [2.75, 3.05) is 18.4 Å². The van der Waals surface area contributed by atoms with Gasteiger partial charge in [0.05, 0.1) is 15.5 Å². The maximum atomic E-state index is 13.3. The Morgan fingerprint density at radius 3 is 2.26 bits per heavy atom. The van der Waals surface area contributed by atoms with Crippen molar-refractivity contribution in [3.63, 3.8) is 0 Å². The van der Waals surface area contributed by atoms with Crippen molar-refractivity contribution in [1.29, 1.82) is 0 Å². The van der Waals surface area contributed by atoms with Gasteiger partial charge in [-0.05, 0) is 88.4 Å². The molecule has 3 aromatic rings. The number of thiophene rings is 1. The summed E-state index contributed by atoms with van der Waals surface area (Å²) in [5, 5.41) is 7.17. The standard InChI is InChI=1S/C29H34N4O4S2/c1-18-15-19(2)27(20(3)16-18)39(36,37)33-13-11-23(12-14-33)28(34)32-31-22(5)24-7-6-8-25(17-24)30-29(35)26-10-9-21(4)38-26/h6-10,15-17,23H,11-14H2,1-5H3,(H,30,35)(H,32,34). The van der Waals surface area contributed by atoms with Crippen molar-refractivity contribution >= 4 is 44.6 Å². The average Bonchev–Trinajstić information content (AvgIpc) is 3.33. The highest BCUT2D eigenvalue weighted by atomic mass is 32.2. The number of nitrogens with zero attached hydrogens (tertiary/aromatic N) is 2. The van der Waals surface area contributed by atoms with Crippen LogP contribution in [-0.4, -0.2) is 43.3 Å². The van der Waals surface area contributed by atoms with E-state index in [2.05, 4.69) is 15.8 Å².